The Hall–Kier alpha value is -1.75. The monoisotopic (exact) mass is 228 g/mol. The van der Waals surface area contributed by atoms with Crippen LogP contribution >= 0.6 is 0 Å². The third-order valence-corrected chi connectivity index (χ3v) is 2.77. The van der Waals surface area contributed by atoms with Crippen LogP contribution in [0.25, 0.3) is 22.2 Å². The first-order valence-corrected chi connectivity index (χ1v) is 5.49. The van der Waals surface area contributed by atoms with Crippen molar-refractivity contribution < 1.29 is 5.11 Å². The molecule has 0 atom stereocenters. The number of phenols is 1. The van der Waals surface area contributed by atoms with Crippen molar-refractivity contribution in [2.24, 2.45) is 0 Å². The molecule has 0 aliphatic heterocycles. The molecule has 3 rings (SSSR count). The van der Waals surface area contributed by atoms with E-state index in [-0.39, 0.29) is 24.6 Å². The Morgan fingerprint density at radius 1 is 0.778 bits per heavy atom. The molecule has 1 N–H and O–H groups in total. The number of benzene rings is 2. The average Bonchev–Trinajstić information content (AvgIpc) is 2.40. The van der Waals surface area contributed by atoms with Gasteiger partial charge in [0.1, 0.15) is 11.3 Å². The fourth-order valence-corrected chi connectivity index (χ4v) is 1.90. The van der Waals surface area contributed by atoms with Gasteiger partial charge in [-0.15, -0.1) is 0 Å². The van der Waals surface area contributed by atoms with Crippen LogP contribution in [0.15, 0.2) is 60.7 Å². The zero-order chi connectivity index (χ0) is 11.7. The molecular weight excluding hydrogens is 217 g/mol. The van der Waals surface area contributed by atoms with E-state index < -0.39 is 0 Å². The van der Waals surface area contributed by atoms with E-state index in [0.29, 0.717) is 5.52 Å². The predicted molar refractivity (Wildman–Crippen MR) is 74.6 cm³/mol. The molecule has 2 aromatic carbocycles. The molecule has 1 aromatic heterocycles. The molecule has 0 saturated carbocycles. The summed E-state index contributed by atoms with van der Waals surface area (Å²) in [5.41, 5.74) is 2.58. The summed E-state index contributed by atoms with van der Waals surface area (Å²) in [6.45, 7) is 0. The number of hydrogen-bond donors (Lipinski definition) is 1. The summed E-state index contributed by atoms with van der Waals surface area (Å²) in [5.74, 6) is 0.222. The molecule has 0 unspecified atom stereocenters. The maximum Gasteiger partial charge on any atom is 0.141 e. The van der Waals surface area contributed by atoms with Gasteiger partial charge in [0.25, 0.3) is 0 Å². The second-order valence-electron chi connectivity index (χ2n) is 3.91. The van der Waals surface area contributed by atoms with Gasteiger partial charge in [0.05, 0.1) is 5.69 Å². The van der Waals surface area contributed by atoms with Crippen molar-refractivity contribution in [3.63, 3.8) is 0 Å². The first-order valence-electron chi connectivity index (χ1n) is 5.49. The van der Waals surface area contributed by atoms with Gasteiger partial charge in [-0.2, -0.15) is 0 Å². The number of aromatic hydroxyl groups is 1. The molecule has 0 aliphatic rings. The first-order chi connectivity index (χ1) is 8.34. The number of rotatable bonds is 1. The number of hydrogen-bond acceptors (Lipinski definition) is 2. The van der Waals surface area contributed by atoms with Crippen LogP contribution in [0.1, 0.15) is 0 Å². The van der Waals surface area contributed by atoms with E-state index in [4.69, 9.17) is 0 Å². The SMILES string of the molecule is Oc1cccc2ccc(-c3ccccc3)nc12.[Li]. The van der Waals surface area contributed by atoms with Crippen molar-refractivity contribution in [1.29, 1.82) is 0 Å². The van der Waals surface area contributed by atoms with Crippen LogP contribution in [0.4, 0.5) is 0 Å². The van der Waals surface area contributed by atoms with Crippen LogP contribution in [0.2, 0.25) is 0 Å². The smallest absolute Gasteiger partial charge is 0.141 e. The molecule has 0 aliphatic carbocycles. The second-order valence-corrected chi connectivity index (χ2v) is 3.91. The number of fused-ring (bicyclic) bond motifs is 1. The zero-order valence-corrected chi connectivity index (χ0v) is 10.2. The Morgan fingerprint density at radius 2 is 1.56 bits per heavy atom. The number of pyridine rings is 1. The van der Waals surface area contributed by atoms with Crippen molar-refractivity contribution in [1.82, 2.24) is 4.98 Å². The molecule has 0 bridgehead atoms. The topological polar surface area (TPSA) is 33.1 Å². The molecule has 83 valence electrons. The Labute approximate surface area is 117 Å². The molecule has 3 aromatic rings. The van der Waals surface area contributed by atoms with Gasteiger partial charge in [0, 0.05) is 29.8 Å². The summed E-state index contributed by atoms with van der Waals surface area (Å²) >= 11 is 0. The van der Waals surface area contributed by atoms with Crippen molar-refractivity contribution in [2.45, 2.75) is 0 Å². The van der Waals surface area contributed by atoms with E-state index in [1.54, 1.807) is 6.07 Å². The largest absolute Gasteiger partial charge is 0.506 e. The Morgan fingerprint density at radius 3 is 2.33 bits per heavy atom. The summed E-state index contributed by atoms with van der Waals surface area (Å²) in [6, 6.07) is 19.3. The van der Waals surface area contributed by atoms with Gasteiger partial charge in [-0.25, -0.2) is 4.98 Å². The number of phenolic OH excluding ortho intramolecular Hbond substituents is 1. The summed E-state index contributed by atoms with van der Waals surface area (Å²) in [5, 5.41) is 10.7. The van der Waals surface area contributed by atoms with Crippen molar-refractivity contribution in [2.75, 3.05) is 0 Å². The molecule has 0 saturated heterocycles. The van der Waals surface area contributed by atoms with E-state index in [1.807, 2.05) is 54.6 Å². The molecule has 3 heteroatoms. The summed E-state index contributed by atoms with van der Waals surface area (Å²) in [7, 11) is 0. The van der Waals surface area contributed by atoms with Crippen molar-refractivity contribution in [3.8, 4) is 17.0 Å². The van der Waals surface area contributed by atoms with Crippen LogP contribution in [0, 0.1) is 0 Å². The van der Waals surface area contributed by atoms with Gasteiger partial charge in [0.2, 0.25) is 0 Å². The Balaban J connectivity index is 0.00000120. The molecule has 18 heavy (non-hydrogen) atoms. The van der Waals surface area contributed by atoms with Crippen molar-refractivity contribution >= 4 is 29.8 Å². The number of nitrogens with zero attached hydrogens (tertiary/aromatic N) is 1. The van der Waals surface area contributed by atoms with Gasteiger partial charge in [-0.1, -0.05) is 48.5 Å². The van der Waals surface area contributed by atoms with E-state index in [2.05, 4.69) is 4.98 Å². The second kappa shape index (κ2) is 5.26. The molecule has 1 radical (unpaired) electrons. The number of aromatic nitrogens is 1. The summed E-state index contributed by atoms with van der Waals surface area (Å²) in [4.78, 5) is 4.50. The third kappa shape index (κ3) is 2.26. The quantitative estimate of drug-likeness (QED) is 0.648. The minimum atomic E-state index is 0. The van der Waals surface area contributed by atoms with E-state index in [0.717, 1.165) is 16.6 Å². The fraction of sp³-hybridized carbons (Fsp3) is 0. The Bertz CT molecular complexity index is 668. The van der Waals surface area contributed by atoms with Crippen molar-refractivity contribution in [3.05, 3.63) is 60.7 Å². The van der Waals surface area contributed by atoms with E-state index >= 15 is 0 Å². The molecule has 2 nitrogen and oxygen atoms in total. The summed E-state index contributed by atoms with van der Waals surface area (Å²) in [6.07, 6.45) is 0. The van der Waals surface area contributed by atoms with Gasteiger partial charge >= 0.3 is 0 Å². The third-order valence-electron chi connectivity index (χ3n) is 2.77. The van der Waals surface area contributed by atoms with Crippen LogP contribution in [-0.4, -0.2) is 29.0 Å². The molecule has 0 spiro atoms. The van der Waals surface area contributed by atoms with Gasteiger partial charge < -0.3 is 5.11 Å². The summed E-state index contributed by atoms with van der Waals surface area (Å²) < 4.78 is 0. The van der Waals surface area contributed by atoms with Crippen LogP contribution in [0.3, 0.4) is 0 Å². The maximum absolute atomic E-state index is 9.78. The normalized spacial score (nSPS) is 10.0. The first kappa shape index (κ1) is 12.7. The fourth-order valence-electron chi connectivity index (χ4n) is 1.90. The molecule has 0 fully saturated rings. The standard InChI is InChI=1S/C15H11NO.Li/c17-14-8-4-7-12-9-10-13(16-15(12)14)11-5-2-1-3-6-11;/h1-10,17H;. The van der Waals surface area contributed by atoms with Gasteiger partial charge in [-0.3, -0.25) is 0 Å². The minimum absolute atomic E-state index is 0. The maximum atomic E-state index is 9.78. The van der Waals surface area contributed by atoms with Crippen LogP contribution < -0.4 is 0 Å². The molecule has 1 heterocycles. The van der Waals surface area contributed by atoms with E-state index in [9.17, 15) is 5.11 Å². The van der Waals surface area contributed by atoms with Gasteiger partial charge in [-0.05, 0) is 12.1 Å². The minimum Gasteiger partial charge on any atom is -0.506 e. The number of para-hydroxylation sites is 1. The molecular formula is C15H11LiNO. The zero-order valence-electron chi connectivity index (χ0n) is 10.2. The van der Waals surface area contributed by atoms with Crippen LogP contribution in [-0.2, 0) is 0 Å². The van der Waals surface area contributed by atoms with E-state index in [1.165, 1.54) is 0 Å². The molecule has 0 amide bonds. The van der Waals surface area contributed by atoms with Crippen LogP contribution in [0.5, 0.6) is 5.75 Å². The Kier molecular flexibility index (Phi) is 3.71. The predicted octanol–water partition coefficient (Wildman–Crippen LogP) is 3.23. The van der Waals surface area contributed by atoms with Gasteiger partial charge in [0.15, 0.2) is 0 Å². The average molecular weight is 228 g/mol.